The minimum absolute atomic E-state index is 0.0563. The fourth-order valence-corrected chi connectivity index (χ4v) is 2.75. The zero-order valence-corrected chi connectivity index (χ0v) is 15.2. The van der Waals surface area contributed by atoms with Gasteiger partial charge in [-0.2, -0.15) is 0 Å². The van der Waals surface area contributed by atoms with Crippen molar-refractivity contribution in [3.05, 3.63) is 71.5 Å². The molecule has 0 saturated heterocycles. The standard InChI is InChI=1S/C21H21NO5/c1-14(20(23)22-12-15-8-4-3-5-9-15)26-21(24)19-17(13-25-2)16-10-6-7-11-18(16)27-19/h3-11,14H,12-13H2,1-2H3,(H,22,23)/t14-/m1/s1. The molecular weight excluding hydrogens is 346 g/mol. The summed E-state index contributed by atoms with van der Waals surface area (Å²) in [6, 6.07) is 16.8. The van der Waals surface area contributed by atoms with Crippen LogP contribution in [0.1, 0.15) is 28.6 Å². The molecule has 1 aromatic heterocycles. The minimum atomic E-state index is -0.954. The first-order chi connectivity index (χ1) is 13.1. The second kappa shape index (κ2) is 8.51. The lowest BCUT2D eigenvalue weighted by molar-refractivity contribution is -0.129. The molecule has 0 radical (unpaired) electrons. The van der Waals surface area contributed by atoms with Crippen LogP contribution in [0.3, 0.4) is 0 Å². The van der Waals surface area contributed by atoms with Crippen LogP contribution in [0.15, 0.2) is 59.0 Å². The first-order valence-corrected chi connectivity index (χ1v) is 8.62. The number of furan rings is 1. The third-order valence-electron chi connectivity index (χ3n) is 4.13. The van der Waals surface area contributed by atoms with Crippen LogP contribution in [0, 0.1) is 0 Å². The van der Waals surface area contributed by atoms with Crippen LogP contribution in [-0.4, -0.2) is 25.1 Å². The topological polar surface area (TPSA) is 77.8 Å². The highest BCUT2D eigenvalue weighted by Gasteiger charge is 2.25. The van der Waals surface area contributed by atoms with Crippen molar-refractivity contribution in [3.63, 3.8) is 0 Å². The average molecular weight is 367 g/mol. The predicted molar refractivity (Wildman–Crippen MR) is 100 cm³/mol. The lowest BCUT2D eigenvalue weighted by Gasteiger charge is -2.13. The van der Waals surface area contributed by atoms with E-state index >= 15 is 0 Å². The average Bonchev–Trinajstić information content (AvgIpc) is 3.06. The maximum atomic E-state index is 12.5. The Morgan fingerprint density at radius 1 is 1.07 bits per heavy atom. The summed E-state index contributed by atoms with van der Waals surface area (Å²) in [6.45, 7) is 2.09. The third-order valence-corrected chi connectivity index (χ3v) is 4.13. The molecule has 27 heavy (non-hydrogen) atoms. The van der Waals surface area contributed by atoms with Gasteiger partial charge in [0.25, 0.3) is 5.91 Å². The van der Waals surface area contributed by atoms with E-state index in [1.54, 1.807) is 6.07 Å². The van der Waals surface area contributed by atoms with Gasteiger partial charge in [0.1, 0.15) is 5.58 Å². The molecule has 140 valence electrons. The zero-order chi connectivity index (χ0) is 19.2. The highest BCUT2D eigenvalue weighted by molar-refractivity contribution is 5.97. The predicted octanol–water partition coefficient (Wildman–Crippen LogP) is 3.44. The van der Waals surface area contributed by atoms with Gasteiger partial charge in [0.15, 0.2) is 6.10 Å². The van der Waals surface area contributed by atoms with E-state index in [4.69, 9.17) is 13.9 Å². The summed E-state index contributed by atoms with van der Waals surface area (Å²) in [5.74, 6) is -1.02. The molecule has 6 heteroatoms. The lowest BCUT2D eigenvalue weighted by Crippen LogP contribution is -2.35. The number of carbonyl (C=O) groups is 2. The number of esters is 1. The smallest absolute Gasteiger partial charge is 0.375 e. The van der Waals surface area contributed by atoms with E-state index in [1.807, 2.05) is 48.5 Å². The summed E-state index contributed by atoms with van der Waals surface area (Å²) in [6.07, 6.45) is -0.954. The molecule has 0 unspecified atom stereocenters. The molecule has 1 amide bonds. The number of rotatable bonds is 7. The molecule has 1 N–H and O–H groups in total. The molecule has 0 aliphatic rings. The fourth-order valence-electron chi connectivity index (χ4n) is 2.75. The van der Waals surface area contributed by atoms with Gasteiger partial charge >= 0.3 is 5.97 Å². The quantitative estimate of drug-likeness (QED) is 0.647. The minimum Gasteiger partial charge on any atom is -0.449 e. The van der Waals surface area contributed by atoms with Gasteiger partial charge in [-0.1, -0.05) is 48.5 Å². The van der Waals surface area contributed by atoms with E-state index in [1.165, 1.54) is 14.0 Å². The molecule has 2 aromatic carbocycles. The summed E-state index contributed by atoms with van der Waals surface area (Å²) in [4.78, 5) is 24.8. The molecule has 0 aliphatic carbocycles. The van der Waals surface area contributed by atoms with Gasteiger partial charge in [-0.25, -0.2) is 4.79 Å². The van der Waals surface area contributed by atoms with Gasteiger partial charge in [-0.3, -0.25) is 4.79 Å². The lowest BCUT2D eigenvalue weighted by atomic mass is 10.1. The van der Waals surface area contributed by atoms with Crippen molar-refractivity contribution < 1.29 is 23.5 Å². The SMILES string of the molecule is COCc1c(C(=O)O[C@H](C)C(=O)NCc2ccccc2)oc2ccccc12. The Labute approximate surface area is 157 Å². The van der Waals surface area contributed by atoms with Gasteiger partial charge < -0.3 is 19.2 Å². The van der Waals surface area contributed by atoms with E-state index in [0.29, 0.717) is 17.7 Å². The molecule has 0 spiro atoms. The van der Waals surface area contributed by atoms with Crippen LogP contribution >= 0.6 is 0 Å². The molecule has 1 atom stereocenters. The Bertz CT molecular complexity index is 932. The zero-order valence-electron chi connectivity index (χ0n) is 15.2. The maximum Gasteiger partial charge on any atom is 0.375 e. The Hall–Kier alpha value is -3.12. The summed E-state index contributed by atoms with van der Waals surface area (Å²) in [7, 11) is 1.54. The number of carbonyl (C=O) groups excluding carboxylic acids is 2. The Morgan fingerprint density at radius 3 is 2.52 bits per heavy atom. The van der Waals surface area contributed by atoms with Crippen LogP contribution in [0.2, 0.25) is 0 Å². The van der Waals surface area contributed by atoms with Crippen LogP contribution < -0.4 is 5.32 Å². The van der Waals surface area contributed by atoms with Gasteiger partial charge in [-0.15, -0.1) is 0 Å². The number of ether oxygens (including phenoxy) is 2. The number of para-hydroxylation sites is 1. The molecule has 1 heterocycles. The first-order valence-electron chi connectivity index (χ1n) is 8.62. The number of hydrogen-bond acceptors (Lipinski definition) is 5. The summed E-state index contributed by atoms with van der Waals surface area (Å²) in [5, 5.41) is 3.54. The fraction of sp³-hybridized carbons (Fsp3) is 0.238. The molecule has 0 saturated carbocycles. The second-order valence-corrected chi connectivity index (χ2v) is 6.09. The van der Waals surface area contributed by atoms with Crippen LogP contribution in [0.4, 0.5) is 0 Å². The van der Waals surface area contributed by atoms with E-state index in [-0.39, 0.29) is 18.3 Å². The summed E-state index contributed by atoms with van der Waals surface area (Å²) < 4.78 is 16.1. The highest BCUT2D eigenvalue weighted by Crippen LogP contribution is 2.27. The largest absolute Gasteiger partial charge is 0.449 e. The molecule has 6 nitrogen and oxygen atoms in total. The Kier molecular flexibility index (Phi) is 5.88. The molecule has 0 bridgehead atoms. The molecule has 3 rings (SSSR count). The van der Waals surface area contributed by atoms with Crippen molar-refractivity contribution in [1.29, 1.82) is 0 Å². The molecule has 0 aliphatic heterocycles. The van der Waals surface area contributed by atoms with Crippen molar-refractivity contribution in [2.45, 2.75) is 26.2 Å². The highest BCUT2D eigenvalue weighted by atomic mass is 16.6. The molecular formula is C21H21NO5. The second-order valence-electron chi connectivity index (χ2n) is 6.09. The van der Waals surface area contributed by atoms with Gasteiger partial charge in [0, 0.05) is 24.6 Å². The monoisotopic (exact) mass is 367 g/mol. The summed E-state index contributed by atoms with van der Waals surface area (Å²) >= 11 is 0. The van der Waals surface area contributed by atoms with Crippen molar-refractivity contribution in [2.24, 2.45) is 0 Å². The van der Waals surface area contributed by atoms with Crippen LogP contribution in [-0.2, 0) is 27.4 Å². The van der Waals surface area contributed by atoms with Gasteiger partial charge in [0.2, 0.25) is 5.76 Å². The number of amides is 1. The number of hydrogen-bond donors (Lipinski definition) is 1. The Balaban J connectivity index is 1.68. The van der Waals surface area contributed by atoms with Crippen molar-refractivity contribution in [1.82, 2.24) is 5.32 Å². The van der Waals surface area contributed by atoms with Crippen molar-refractivity contribution in [2.75, 3.05) is 7.11 Å². The van der Waals surface area contributed by atoms with Crippen molar-refractivity contribution >= 4 is 22.8 Å². The Morgan fingerprint density at radius 2 is 1.78 bits per heavy atom. The van der Waals surface area contributed by atoms with Crippen molar-refractivity contribution in [3.8, 4) is 0 Å². The van der Waals surface area contributed by atoms with Crippen LogP contribution in [0.25, 0.3) is 11.0 Å². The van der Waals surface area contributed by atoms with E-state index in [2.05, 4.69) is 5.32 Å². The maximum absolute atomic E-state index is 12.5. The number of nitrogens with one attached hydrogen (secondary N) is 1. The van der Waals surface area contributed by atoms with E-state index in [9.17, 15) is 9.59 Å². The summed E-state index contributed by atoms with van der Waals surface area (Å²) in [5.41, 5.74) is 2.14. The number of fused-ring (bicyclic) bond motifs is 1. The third kappa shape index (κ3) is 4.35. The van der Waals surface area contributed by atoms with E-state index in [0.717, 1.165) is 10.9 Å². The first kappa shape index (κ1) is 18.7. The van der Waals surface area contributed by atoms with Gasteiger partial charge in [-0.05, 0) is 18.6 Å². The van der Waals surface area contributed by atoms with E-state index < -0.39 is 12.1 Å². The normalized spacial score (nSPS) is 11.9. The molecule has 3 aromatic rings. The number of benzene rings is 2. The van der Waals surface area contributed by atoms with Crippen LogP contribution in [0.5, 0.6) is 0 Å². The molecule has 0 fully saturated rings. The number of methoxy groups -OCH3 is 1. The van der Waals surface area contributed by atoms with Gasteiger partial charge in [0.05, 0.1) is 6.61 Å².